The van der Waals surface area contributed by atoms with Gasteiger partial charge in [-0.25, -0.2) is 4.98 Å². The standard InChI is InChI=1S/C16H20N4O3S/c1-10-17-16(24-18-10)19(2)14-5-6-20(15(14)21)11-7-12(22-3)9-13(8-11)23-4/h7-9,14H,5-6H2,1-4H3. The third-order valence-electron chi connectivity index (χ3n) is 4.11. The van der Waals surface area contributed by atoms with Gasteiger partial charge in [-0.3, -0.25) is 4.79 Å². The number of anilines is 2. The number of rotatable bonds is 5. The average Bonchev–Trinajstić information content (AvgIpc) is 3.19. The number of aryl methyl sites for hydroxylation is 1. The molecule has 128 valence electrons. The molecule has 1 aromatic heterocycles. The van der Waals surface area contributed by atoms with Crippen LogP contribution in [0.3, 0.4) is 0 Å². The number of benzene rings is 1. The molecular weight excluding hydrogens is 328 g/mol. The second-order valence-corrected chi connectivity index (χ2v) is 6.33. The average molecular weight is 348 g/mol. The summed E-state index contributed by atoms with van der Waals surface area (Å²) in [6.45, 7) is 2.49. The first-order chi connectivity index (χ1) is 11.5. The molecule has 3 rings (SSSR count). The van der Waals surface area contributed by atoms with E-state index in [1.807, 2.05) is 31.0 Å². The van der Waals surface area contributed by atoms with Crippen LogP contribution < -0.4 is 19.3 Å². The van der Waals surface area contributed by atoms with Gasteiger partial charge in [-0.15, -0.1) is 0 Å². The minimum absolute atomic E-state index is 0.0423. The lowest BCUT2D eigenvalue weighted by atomic mass is 10.2. The molecule has 0 aliphatic carbocycles. The van der Waals surface area contributed by atoms with E-state index in [1.165, 1.54) is 11.5 Å². The van der Waals surface area contributed by atoms with E-state index in [9.17, 15) is 4.79 Å². The van der Waals surface area contributed by atoms with Crippen LogP contribution in [0.15, 0.2) is 18.2 Å². The number of carbonyl (C=O) groups excluding carboxylic acids is 1. The van der Waals surface area contributed by atoms with E-state index < -0.39 is 0 Å². The number of methoxy groups -OCH3 is 2. The predicted octanol–water partition coefficient (Wildman–Crippen LogP) is 2.11. The molecule has 24 heavy (non-hydrogen) atoms. The van der Waals surface area contributed by atoms with Gasteiger partial charge in [0, 0.05) is 43.3 Å². The number of likely N-dealkylation sites (N-methyl/N-ethyl adjacent to an activating group) is 1. The minimum atomic E-state index is -0.241. The second kappa shape index (κ2) is 6.64. The van der Waals surface area contributed by atoms with E-state index in [1.54, 1.807) is 25.2 Å². The normalized spacial score (nSPS) is 17.2. The fourth-order valence-electron chi connectivity index (χ4n) is 2.79. The van der Waals surface area contributed by atoms with Crippen molar-refractivity contribution in [2.75, 3.05) is 37.6 Å². The number of ether oxygens (including phenoxy) is 2. The highest BCUT2D eigenvalue weighted by Gasteiger charge is 2.36. The lowest BCUT2D eigenvalue weighted by Crippen LogP contribution is -2.39. The summed E-state index contributed by atoms with van der Waals surface area (Å²) in [5.41, 5.74) is 0.778. The maximum Gasteiger partial charge on any atom is 0.249 e. The SMILES string of the molecule is COc1cc(OC)cc(N2CCC(N(C)c3nc(C)ns3)C2=O)c1. The minimum Gasteiger partial charge on any atom is -0.497 e. The Labute approximate surface area is 145 Å². The van der Waals surface area contributed by atoms with Crippen LogP contribution in [0, 0.1) is 6.92 Å². The first-order valence-corrected chi connectivity index (χ1v) is 8.38. The summed E-state index contributed by atoms with van der Waals surface area (Å²) in [6, 6.07) is 5.24. The number of amides is 1. The summed E-state index contributed by atoms with van der Waals surface area (Å²) in [5, 5.41) is 0.760. The Morgan fingerprint density at radius 3 is 2.46 bits per heavy atom. The number of nitrogens with zero attached hydrogens (tertiary/aromatic N) is 4. The van der Waals surface area contributed by atoms with Gasteiger partial charge in [-0.1, -0.05) is 0 Å². The predicted molar refractivity (Wildman–Crippen MR) is 93.4 cm³/mol. The smallest absolute Gasteiger partial charge is 0.249 e. The molecule has 0 radical (unpaired) electrons. The molecule has 1 aromatic carbocycles. The van der Waals surface area contributed by atoms with Gasteiger partial charge in [0.1, 0.15) is 23.4 Å². The van der Waals surface area contributed by atoms with E-state index >= 15 is 0 Å². The Hall–Kier alpha value is -2.35. The molecule has 0 spiro atoms. The number of hydrogen-bond acceptors (Lipinski definition) is 7. The maximum absolute atomic E-state index is 12.9. The lowest BCUT2D eigenvalue weighted by molar-refractivity contribution is -0.118. The Morgan fingerprint density at radius 1 is 1.25 bits per heavy atom. The lowest BCUT2D eigenvalue weighted by Gasteiger charge is -2.23. The first kappa shape index (κ1) is 16.5. The fraction of sp³-hybridized carbons (Fsp3) is 0.438. The molecule has 1 fully saturated rings. The van der Waals surface area contributed by atoms with Crippen molar-refractivity contribution in [1.29, 1.82) is 0 Å². The highest BCUT2D eigenvalue weighted by Crippen LogP contribution is 2.32. The highest BCUT2D eigenvalue weighted by molar-refractivity contribution is 7.09. The molecule has 1 saturated heterocycles. The van der Waals surface area contributed by atoms with Crippen LogP contribution in [-0.4, -0.2) is 49.1 Å². The Morgan fingerprint density at radius 2 is 1.92 bits per heavy atom. The zero-order valence-electron chi connectivity index (χ0n) is 14.1. The summed E-state index contributed by atoms with van der Waals surface area (Å²) in [4.78, 5) is 20.9. The summed E-state index contributed by atoms with van der Waals surface area (Å²) in [6.07, 6.45) is 0.730. The molecule has 1 atom stereocenters. The Balaban J connectivity index is 1.83. The van der Waals surface area contributed by atoms with Gasteiger partial charge in [-0.2, -0.15) is 4.37 Å². The van der Waals surface area contributed by atoms with E-state index in [2.05, 4.69) is 9.36 Å². The van der Waals surface area contributed by atoms with Crippen molar-refractivity contribution in [1.82, 2.24) is 9.36 Å². The van der Waals surface area contributed by atoms with E-state index in [-0.39, 0.29) is 11.9 Å². The number of aromatic nitrogens is 2. The van der Waals surface area contributed by atoms with E-state index in [0.29, 0.717) is 18.0 Å². The zero-order valence-corrected chi connectivity index (χ0v) is 15.0. The Bertz CT molecular complexity index is 726. The van der Waals surface area contributed by atoms with Gasteiger partial charge in [0.2, 0.25) is 11.0 Å². The van der Waals surface area contributed by atoms with Crippen molar-refractivity contribution in [3.8, 4) is 11.5 Å². The molecule has 0 N–H and O–H groups in total. The van der Waals surface area contributed by atoms with Crippen LogP contribution in [0.4, 0.5) is 10.8 Å². The zero-order chi connectivity index (χ0) is 17.3. The summed E-state index contributed by atoms with van der Waals surface area (Å²) >= 11 is 1.31. The molecule has 1 aliphatic heterocycles. The molecule has 2 heterocycles. The Kier molecular flexibility index (Phi) is 4.57. The number of carbonyl (C=O) groups is 1. The quantitative estimate of drug-likeness (QED) is 0.824. The number of hydrogen-bond donors (Lipinski definition) is 0. The second-order valence-electron chi connectivity index (χ2n) is 5.60. The van der Waals surface area contributed by atoms with E-state index in [0.717, 1.165) is 23.1 Å². The van der Waals surface area contributed by atoms with Crippen LogP contribution in [0.25, 0.3) is 0 Å². The monoisotopic (exact) mass is 348 g/mol. The third-order valence-corrected chi connectivity index (χ3v) is 5.01. The van der Waals surface area contributed by atoms with Gasteiger partial charge < -0.3 is 19.3 Å². The maximum atomic E-state index is 12.9. The van der Waals surface area contributed by atoms with Gasteiger partial charge in [0.25, 0.3) is 0 Å². The molecular formula is C16H20N4O3S. The van der Waals surface area contributed by atoms with Crippen molar-refractivity contribution in [3.63, 3.8) is 0 Å². The van der Waals surface area contributed by atoms with Crippen LogP contribution in [-0.2, 0) is 4.79 Å². The molecule has 7 nitrogen and oxygen atoms in total. The van der Waals surface area contributed by atoms with Gasteiger partial charge in [0.05, 0.1) is 19.9 Å². The van der Waals surface area contributed by atoms with Crippen LogP contribution in [0.1, 0.15) is 12.2 Å². The molecule has 8 heteroatoms. The van der Waals surface area contributed by atoms with Crippen molar-refractivity contribution < 1.29 is 14.3 Å². The highest BCUT2D eigenvalue weighted by atomic mass is 32.1. The summed E-state index contributed by atoms with van der Waals surface area (Å²) in [7, 11) is 5.08. The van der Waals surface area contributed by atoms with Gasteiger partial charge in [0.15, 0.2) is 0 Å². The van der Waals surface area contributed by atoms with Crippen LogP contribution >= 0.6 is 11.5 Å². The van der Waals surface area contributed by atoms with Gasteiger partial charge in [-0.05, 0) is 13.3 Å². The fourth-order valence-corrected chi connectivity index (χ4v) is 3.48. The summed E-state index contributed by atoms with van der Waals surface area (Å²) in [5.74, 6) is 2.09. The van der Waals surface area contributed by atoms with E-state index in [4.69, 9.17) is 9.47 Å². The first-order valence-electron chi connectivity index (χ1n) is 7.61. The molecule has 2 aromatic rings. The molecule has 0 saturated carbocycles. The van der Waals surface area contributed by atoms with Crippen molar-refractivity contribution in [2.45, 2.75) is 19.4 Å². The molecule has 1 aliphatic rings. The van der Waals surface area contributed by atoms with Crippen molar-refractivity contribution in [2.24, 2.45) is 0 Å². The molecule has 0 bridgehead atoms. The molecule has 1 amide bonds. The van der Waals surface area contributed by atoms with Crippen LogP contribution in [0.5, 0.6) is 11.5 Å². The van der Waals surface area contributed by atoms with Crippen LogP contribution in [0.2, 0.25) is 0 Å². The molecule has 1 unspecified atom stereocenters. The van der Waals surface area contributed by atoms with Gasteiger partial charge >= 0.3 is 0 Å². The topological polar surface area (TPSA) is 67.8 Å². The summed E-state index contributed by atoms with van der Waals surface area (Å²) < 4.78 is 14.8. The largest absolute Gasteiger partial charge is 0.497 e. The third kappa shape index (κ3) is 3.01. The van der Waals surface area contributed by atoms with Crippen molar-refractivity contribution >= 4 is 28.3 Å². The van der Waals surface area contributed by atoms with Crippen molar-refractivity contribution in [3.05, 3.63) is 24.0 Å².